The van der Waals surface area contributed by atoms with Gasteiger partial charge in [-0.05, 0) is 35.9 Å². The zero-order valence-electron chi connectivity index (χ0n) is 11.5. The van der Waals surface area contributed by atoms with Crippen molar-refractivity contribution in [2.45, 2.75) is 0 Å². The van der Waals surface area contributed by atoms with E-state index in [1.165, 1.54) is 6.08 Å². The van der Waals surface area contributed by atoms with E-state index in [1.54, 1.807) is 12.1 Å². The average Bonchev–Trinajstić information content (AvgIpc) is 2.94. The molecule has 0 aliphatic carbocycles. The number of esters is 1. The standard InChI is InChI=1S/C16H9BrF2O4/c17-11-7-15-14(21-8-22-15)5-9(11)1-4-16(20)23-13-3-2-10(18)6-12(13)19/h1-7H,8H2/b4-1+. The van der Waals surface area contributed by atoms with Gasteiger partial charge in [-0.1, -0.05) is 15.9 Å². The monoisotopic (exact) mass is 382 g/mol. The highest BCUT2D eigenvalue weighted by molar-refractivity contribution is 9.10. The molecule has 1 aliphatic heterocycles. The van der Waals surface area contributed by atoms with Gasteiger partial charge >= 0.3 is 5.97 Å². The second-order valence-electron chi connectivity index (χ2n) is 4.56. The summed E-state index contributed by atoms with van der Waals surface area (Å²) in [6, 6.07) is 6.10. The first-order valence-corrected chi connectivity index (χ1v) is 7.26. The van der Waals surface area contributed by atoms with Crippen LogP contribution in [-0.2, 0) is 4.79 Å². The Morgan fingerprint density at radius 2 is 1.91 bits per heavy atom. The largest absolute Gasteiger partial charge is 0.454 e. The van der Waals surface area contributed by atoms with Crippen molar-refractivity contribution >= 4 is 28.0 Å². The molecule has 0 radical (unpaired) electrons. The topological polar surface area (TPSA) is 44.8 Å². The lowest BCUT2D eigenvalue weighted by Crippen LogP contribution is -2.05. The SMILES string of the molecule is O=C(/C=C/c1cc2c(cc1Br)OCO2)Oc1ccc(F)cc1F. The molecule has 118 valence electrons. The van der Waals surface area contributed by atoms with E-state index in [9.17, 15) is 13.6 Å². The van der Waals surface area contributed by atoms with Crippen molar-refractivity contribution < 1.29 is 27.8 Å². The van der Waals surface area contributed by atoms with E-state index in [1.807, 2.05) is 0 Å². The molecule has 0 spiro atoms. The van der Waals surface area contributed by atoms with Crippen molar-refractivity contribution in [3.05, 3.63) is 58.1 Å². The van der Waals surface area contributed by atoms with E-state index in [0.29, 0.717) is 27.6 Å². The molecule has 1 aliphatic rings. The summed E-state index contributed by atoms with van der Waals surface area (Å²) >= 11 is 3.35. The van der Waals surface area contributed by atoms with Gasteiger partial charge in [0.1, 0.15) is 5.82 Å². The molecular formula is C16H9BrF2O4. The van der Waals surface area contributed by atoms with E-state index in [-0.39, 0.29) is 12.5 Å². The number of carbonyl (C=O) groups excluding carboxylic acids is 1. The third kappa shape index (κ3) is 3.50. The summed E-state index contributed by atoms with van der Waals surface area (Å²) in [4.78, 5) is 11.7. The number of halogens is 3. The number of hydrogen-bond donors (Lipinski definition) is 0. The summed E-state index contributed by atoms with van der Waals surface area (Å²) in [6.45, 7) is 0.140. The van der Waals surface area contributed by atoms with Gasteiger partial charge in [-0.3, -0.25) is 0 Å². The minimum Gasteiger partial charge on any atom is -0.454 e. The van der Waals surface area contributed by atoms with Crippen molar-refractivity contribution in [1.82, 2.24) is 0 Å². The Labute approximate surface area is 138 Å². The lowest BCUT2D eigenvalue weighted by Gasteiger charge is -2.03. The maximum atomic E-state index is 13.4. The van der Waals surface area contributed by atoms with Crippen LogP contribution in [0.25, 0.3) is 6.08 Å². The molecule has 0 saturated carbocycles. The Morgan fingerprint density at radius 1 is 1.17 bits per heavy atom. The fourth-order valence-corrected chi connectivity index (χ4v) is 2.37. The summed E-state index contributed by atoms with van der Waals surface area (Å²) in [6.07, 6.45) is 2.61. The fourth-order valence-electron chi connectivity index (χ4n) is 1.92. The van der Waals surface area contributed by atoms with Crippen LogP contribution >= 0.6 is 15.9 Å². The molecule has 0 unspecified atom stereocenters. The highest BCUT2D eigenvalue weighted by Crippen LogP contribution is 2.37. The van der Waals surface area contributed by atoms with E-state index in [4.69, 9.17) is 14.2 Å². The Balaban J connectivity index is 1.74. The zero-order valence-corrected chi connectivity index (χ0v) is 13.1. The normalized spacial score (nSPS) is 12.7. The Kier molecular flexibility index (Phi) is 4.29. The van der Waals surface area contributed by atoms with Crippen molar-refractivity contribution in [2.24, 2.45) is 0 Å². The predicted octanol–water partition coefficient (Wildman–Crippen LogP) is 4.07. The number of fused-ring (bicyclic) bond motifs is 1. The molecule has 1 heterocycles. The minimum absolute atomic E-state index is 0.140. The average molecular weight is 383 g/mol. The quantitative estimate of drug-likeness (QED) is 0.455. The Morgan fingerprint density at radius 3 is 2.65 bits per heavy atom. The van der Waals surface area contributed by atoms with Crippen LogP contribution in [-0.4, -0.2) is 12.8 Å². The molecule has 0 bridgehead atoms. The first kappa shape index (κ1) is 15.5. The second kappa shape index (κ2) is 6.37. The first-order chi connectivity index (χ1) is 11.0. The van der Waals surface area contributed by atoms with Crippen LogP contribution in [0.15, 0.2) is 40.9 Å². The molecule has 2 aromatic carbocycles. The summed E-state index contributed by atoms with van der Waals surface area (Å²) in [5.41, 5.74) is 0.658. The Hall–Kier alpha value is -2.41. The molecule has 3 rings (SSSR count). The van der Waals surface area contributed by atoms with E-state index >= 15 is 0 Å². The Bertz CT molecular complexity index is 805. The second-order valence-corrected chi connectivity index (χ2v) is 5.41. The van der Waals surface area contributed by atoms with Gasteiger partial charge < -0.3 is 14.2 Å². The van der Waals surface area contributed by atoms with E-state index < -0.39 is 17.6 Å². The molecule has 0 N–H and O–H groups in total. The van der Waals surface area contributed by atoms with Crippen molar-refractivity contribution in [1.29, 1.82) is 0 Å². The van der Waals surface area contributed by atoms with Crippen LogP contribution in [0.4, 0.5) is 8.78 Å². The van der Waals surface area contributed by atoms with Crippen LogP contribution < -0.4 is 14.2 Å². The first-order valence-electron chi connectivity index (χ1n) is 6.47. The number of ether oxygens (including phenoxy) is 3. The van der Waals surface area contributed by atoms with Crippen LogP contribution in [0.5, 0.6) is 17.2 Å². The zero-order chi connectivity index (χ0) is 16.4. The maximum absolute atomic E-state index is 13.4. The highest BCUT2D eigenvalue weighted by atomic mass is 79.9. The fraction of sp³-hybridized carbons (Fsp3) is 0.0625. The highest BCUT2D eigenvalue weighted by Gasteiger charge is 2.15. The van der Waals surface area contributed by atoms with Crippen LogP contribution in [0, 0.1) is 11.6 Å². The molecule has 0 fully saturated rings. The van der Waals surface area contributed by atoms with Crippen LogP contribution in [0.1, 0.15) is 5.56 Å². The molecule has 0 amide bonds. The lowest BCUT2D eigenvalue weighted by molar-refractivity contribution is -0.129. The molecule has 0 atom stereocenters. The molecule has 2 aromatic rings. The summed E-state index contributed by atoms with van der Waals surface area (Å²) in [7, 11) is 0. The lowest BCUT2D eigenvalue weighted by atomic mass is 10.2. The third-order valence-corrected chi connectivity index (χ3v) is 3.68. The minimum atomic E-state index is -0.948. The summed E-state index contributed by atoms with van der Waals surface area (Å²) < 4.78 is 42.2. The number of rotatable bonds is 3. The predicted molar refractivity (Wildman–Crippen MR) is 81.3 cm³/mol. The molecule has 23 heavy (non-hydrogen) atoms. The van der Waals surface area contributed by atoms with Crippen molar-refractivity contribution in [2.75, 3.05) is 6.79 Å². The van der Waals surface area contributed by atoms with Crippen LogP contribution in [0.3, 0.4) is 0 Å². The summed E-state index contributed by atoms with van der Waals surface area (Å²) in [5.74, 6) is -1.67. The number of carbonyl (C=O) groups is 1. The van der Waals surface area contributed by atoms with Gasteiger partial charge in [0.15, 0.2) is 23.1 Å². The van der Waals surface area contributed by atoms with Gasteiger partial charge in [-0.25, -0.2) is 13.6 Å². The van der Waals surface area contributed by atoms with Gasteiger partial charge in [0.25, 0.3) is 0 Å². The van der Waals surface area contributed by atoms with Gasteiger partial charge in [0.05, 0.1) is 0 Å². The van der Waals surface area contributed by atoms with Gasteiger partial charge in [-0.2, -0.15) is 0 Å². The maximum Gasteiger partial charge on any atom is 0.336 e. The van der Waals surface area contributed by atoms with Gasteiger partial charge in [0, 0.05) is 16.6 Å². The van der Waals surface area contributed by atoms with Crippen LogP contribution in [0.2, 0.25) is 0 Å². The van der Waals surface area contributed by atoms with Gasteiger partial charge in [0.2, 0.25) is 6.79 Å². The molecule has 7 heteroatoms. The molecule has 0 aromatic heterocycles. The molecule has 4 nitrogen and oxygen atoms in total. The molecular weight excluding hydrogens is 374 g/mol. The van der Waals surface area contributed by atoms with Gasteiger partial charge in [-0.15, -0.1) is 0 Å². The third-order valence-electron chi connectivity index (χ3n) is 3.00. The number of benzene rings is 2. The van der Waals surface area contributed by atoms with Crippen molar-refractivity contribution in [3.8, 4) is 17.2 Å². The van der Waals surface area contributed by atoms with E-state index in [0.717, 1.165) is 18.2 Å². The van der Waals surface area contributed by atoms with Crippen molar-refractivity contribution in [3.63, 3.8) is 0 Å². The summed E-state index contributed by atoms with van der Waals surface area (Å²) in [5, 5.41) is 0. The molecule has 0 saturated heterocycles. The van der Waals surface area contributed by atoms with E-state index in [2.05, 4.69) is 15.9 Å². The number of hydrogen-bond acceptors (Lipinski definition) is 4. The smallest absolute Gasteiger partial charge is 0.336 e.